The molecule has 0 aliphatic carbocycles. The maximum absolute atomic E-state index is 15.7. The van der Waals surface area contributed by atoms with Crippen LogP contribution in [0.2, 0.25) is 0 Å². The number of halogens is 3. The Morgan fingerprint density at radius 3 is 1.71 bits per heavy atom. The lowest BCUT2D eigenvalue weighted by molar-refractivity contribution is -0.152. The summed E-state index contributed by atoms with van der Waals surface area (Å²) in [6.45, 7) is 3.13. The van der Waals surface area contributed by atoms with Gasteiger partial charge in [-0.3, -0.25) is 81.5 Å². The van der Waals surface area contributed by atoms with Gasteiger partial charge in [-0.1, -0.05) is 125 Å². The quantitative estimate of drug-likeness (QED) is 0.0352. The first-order chi connectivity index (χ1) is 64.2. The van der Waals surface area contributed by atoms with Crippen LogP contribution in [0.1, 0.15) is 126 Å². The van der Waals surface area contributed by atoms with Crippen LogP contribution in [-0.4, -0.2) is 294 Å². The summed E-state index contributed by atoms with van der Waals surface area (Å²) < 4.78 is 45.1. The summed E-state index contributed by atoms with van der Waals surface area (Å²) in [5.74, 6) is -26.4. The minimum absolute atomic E-state index is 0.0104. The third-order valence-electron chi connectivity index (χ3n) is 23.9. The van der Waals surface area contributed by atoms with Gasteiger partial charge in [-0.2, -0.15) is 0 Å². The maximum Gasteiger partial charge on any atom is 0.305 e. The SMILES string of the molecule is CCCC[C@H]1C(=O)N2C[C@H](O)C[C@@H]2C(=O)N[C@@H](CC(=O)O)C(=O)N[C@@H](C(C)C)C(=O)N(C)[C@@H](Cc2ccccc2)C(=O)N[C@@H](CCC(=O)O)C(=O)N2CCCC[C@@H]2C(=O)N[C@H](Cc2c[nH]c3ccccc23)C(=O)N[C@@H](Cc2ccc(O)cc2)C(=O)N[C@@H](CCCN)C(=O)N[C@H](C(=O)NCC(N)=O)CSCC(=O)N[C@@H](Cc2cc(F)c(F)c(F)c2)C(=O)N(C)[C@@H](Cc2ccccc2)C(=O)N1C. The number of primary amides is 1. The van der Waals surface area contributed by atoms with E-state index in [0.717, 1.165) is 31.5 Å². The summed E-state index contributed by atoms with van der Waals surface area (Å²) in [5.41, 5.74) is 13.3. The minimum atomic E-state index is -2.06. The smallest absolute Gasteiger partial charge is 0.305 e. The number of benzene rings is 5. The van der Waals surface area contributed by atoms with Crippen LogP contribution in [0.3, 0.4) is 0 Å². The number of carbonyl (C=O) groups excluding carboxylic acids is 15. The number of carboxylic acids is 2. The monoisotopic (exact) mass is 1900 g/mol. The first kappa shape index (κ1) is 105. The number of H-pyrrole nitrogens is 1. The fourth-order valence-electron chi connectivity index (χ4n) is 16.5. The molecule has 3 saturated heterocycles. The Kier molecular flexibility index (Phi) is 39.0. The number of carbonyl (C=O) groups is 17. The number of nitrogens with two attached hydrogens (primary N) is 2. The topological polar surface area (TPSA) is 563 Å². The molecule has 14 atom stereocenters. The molecule has 728 valence electrons. The molecule has 6 aromatic rings. The van der Waals surface area contributed by atoms with E-state index >= 15 is 51.9 Å². The van der Waals surface area contributed by atoms with Gasteiger partial charge in [-0.15, -0.1) is 11.8 Å². The van der Waals surface area contributed by atoms with Crippen molar-refractivity contribution in [2.45, 2.75) is 215 Å². The Morgan fingerprint density at radius 1 is 0.533 bits per heavy atom. The zero-order chi connectivity index (χ0) is 98.6. The number of amides is 15. The number of para-hydroxylation sites is 1. The van der Waals surface area contributed by atoms with E-state index in [0.29, 0.717) is 69.9 Å². The number of aromatic amines is 1. The molecule has 38 nitrogen and oxygen atoms in total. The Labute approximate surface area is 781 Å². The van der Waals surface area contributed by atoms with E-state index in [2.05, 4.69) is 52.8 Å². The van der Waals surface area contributed by atoms with Gasteiger partial charge in [0.05, 0.1) is 24.8 Å². The van der Waals surface area contributed by atoms with E-state index in [1.54, 1.807) is 98.0 Å². The number of aromatic hydroxyl groups is 1. The van der Waals surface area contributed by atoms with Crippen molar-refractivity contribution < 1.29 is 115 Å². The highest BCUT2D eigenvalue weighted by Gasteiger charge is 2.48. The lowest BCUT2D eigenvalue weighted by atomic mass is 9.97. The van der Waals surface area contributed by atoms with Crippen molar-refractivity contribution in [1.29, 1.82) is 0 Å². The molecule has 18 N–H and O–H groups in total. The highest BCUT2D eigenvalue weighted by molar-refractivity contribution is 8.00. The van der Waals surface area contributed by atoms with Crippen LogP contribution in [0, 0.1) is 23.4 Å². The maximum atomic E-state index is 15.7. The van der Waals surface area contributed by atoms with Crippen LogP contribution in [0.5, 0.6) is 5.75 Å². The lowest BCUT2D eigenvalue weighted by Crippen LogP contribution is -2.63. The first-order valence-electron chi connectivity index (χ1n) is 44.6. The van der Waals surface area contributed by atoms with Crippen LogP contribution in [-0.2, 0) is 114 Å². The zero-order valence-electron chi connectivity index (χ0n) is 75.7. The molecule has 42 heteroatoms. The fraction of sp³-hybridized carbons (Fsp3) is 0.473. The zero-order valence-corrected chi connectivity index (χ0v) is 76.5. The second kappa shape index (κ2) is 50.0. The summed E-state index contributed by atoms with van der Waals surface area (Å²) in [7, 11) is 3.58. The molecular formula is C93H118F3N17O21S. The molecule has 0 bridgehead atoms. The van der Waals surface area contributed by atoms with Crippen molar-refractivity contribution in [3.8, 4) is 5.75 Å². The van der Waals surface area contributed by atoms with Crippen molar-refractivity contribution in [2.75, 3.05) is 58.8 Å². The van der Waals surface area contributed by atoms with Crippen molar-refractivity contribution in [3.05, 3.63) is 173 Å². The first-order valence-corrected chi connectivity index (χ1v) is 45.7. The number of carboxylic acid groups (broad SMARTS) is 2. The van der Waals surface area contributed by atoms with Gasteiger partial charge in [0.1, 0.15) is 84.3 Å². The molecule has 0 spiro atoms. The molecule has 15 amide bonds. The van der Waals surface area contributed by atoms with Gasteiger partial charge in [0, 0.05) is 102 Å². The molecule has 1 aromatic heterocycles. The summed E-state index contributed by atoms with van der Waals surface area (Å²) >= 11 is 0.637. The van der Waals surface area contributed by atoms with Gasteiger partial charge in [-0.05, 0) is 116 Å². The summed E-state index contributed by atoms with van der Waals surface area (Å²) in [5, 5.41) is 66.1. The van der Waals surface area contributed by atoms with Crippen LogP contribution in [0.15, 0.2) is 128 Å². The van der Waals surface area contributed by atoms with Crippen molar-refractivity contribution in [1.82, 2.24) is 77.3 Å². The highest BCUT2D eigenvalue weighted by Crippen LogP contribution is 2.29. The number of phenolic OH excluding ortho intramolecular Hbond substituents is 1. The molecule has 4 heterocycles. The number of rotatable bonds is 25. The molecule has 135 heavy (non-hydrogen) atoms. The minimum Gasteiger partial charge on any atom is -0.508 e. The summed E-state index contributed by atoms with van der Waals surface area (Å²) in [6.07, 6.45) is -4.35. The van der Waals surface area contributed by atoms with Crippen molar-refractivity contribution in [3.63, 3.8) is 0 Å². The van der Waals surface area contributed by atoms with Gasteiger partial charge in [0.25, 0.3) is 0 Å². The van der Waals surface area contributed by atoms with Crippen LogP contribution in [0.4, 0.5) is 13.2 Å². The third-order valence-corrected chi connectivity index (χ3v) is 25.0. The van der Waals surface area contributed by atoms with Crippen LogP contribution in [0.25, 0.3) is 10.9 Å². The normalized spacial score (nSPS) is 24.0. The lowest BCUT2D eigenvalue weighted by Gasteiger charge is -2.38. The number of aromatic nitrogens is 1. The number of piperidine rings is 1. The molecular weight excluding hydrogens is 1780 g/mol. The van der Waals surface area contributed by atoms with E-state index in [4.69, 9.17) is 11.5 Å². The van der Waals surface area contributed by atoms with Gasteiger partial charge in [0.15, 0.2) is 17.5 Å². The summed E-state index contributed by atoms with van der Waals surface area (Å²) in [4.78, 5) is 258. The number of likely N-dealkylation sites (N-methyl/N-ethyl adjacent to an activating group) is 3. The van der Waals surface area contributed by atoms with Gasteiger partial charge >= 0.3 is 11.9 Å². The average molecular weight is 1900 g/mol. The third kappa shape index (κ3) is 29.5. The van der Waals surface area contributed by atoms with E-state index in [1.807, 2.05) is 0 Å². The number of aliphatic hydroxyl groups excluding tert-OH is 1. The van der Waals surface area contributed by atoms with E-state index in [9.17, 15) is 63.2 Å². The van der Waals surface area contributed by atoms with E-state index in [1.165, 1.54) is 52.2 Å². The number of aliphatic carboxylic acids is 2. The Bertz CT molecular complexity index is 5230. The predicted molar refractivity (Wildman–Crippen MR) is 486 cm³/mol. The highest BCUT2D eigenvalue weighted by atomic mass is 32.2. The Hall–Kier alpha value is -13.5. The number of hydrogen-bond donors (Lipinski definition) is 16. The van der Waals surface area contributed by atoms with Crippen LogP contribution < -0.4 is 59.3 Å². The average Bonchev–Trinajstić information content (AvgIpc) is 1.62. The largest absolute Gasteiger partial charge is 0.508 e. The van der Waals surface area contributed by atoms with Crippen molar-refractivity contribution >= 4 is 123 Å². The molecule has 3 aliphatic heterocycles. The second-order valence-corrected chi connectivity index (χ2v) is 35.3. The number of unbranched alkanes of at least 4 members (excludes halogenated alkanes) is 1. The predicted octanol–water partition coefficient (Wildman–Crippen LogP) is 0.779. The van der Waals surface area contributed by atoms with Crippen molar-refractivity contribution in [2.24, 2.45) is 17.4 Å². The number of hydrogen-bond acceptors (Lipinski definition) is 21. The standard InChI is InChI=1S/C93H118F3N17O21S/c1-7-8-27-71-92(133)113-48-58(115)44-73(113)88(129)106-67(45-78(120)121)85(126)108-80(51(2)3)93(134)110(5)72(41-52-20-11-9-12-21-52)87(128)103-64(33-34-77(118)119)90(131)112-36-18-17-28-70(112)86(127)105-66(43-56-46-99-62-25-16-15-24-59(56)62)84(125)104-65(39-54-29-31-57(114)32-30-54)83(124)102-63(26-19-35-97)82(123)107-69(81(122)100-47-75(98)116)49-135-50-76(117)101-68(40-55-37-60(94)79(96)61(95)38-55)89(130)111(6)74(91(132)109(71)4)42-53-22-13-10-14-23-53/h9-16,20-25,29-32,37-38,46,51,58,63-74,80,99,114-115H,7-8,17-19,26-28,33-36,39-45,47-50,97H2,1-6H3,(H2,98,116)(H,100,122)(H,101,117)(H,102,124)(H,103,128)(H,104,125)(H,105,127)(H,106,129)(H,107,123)(H,108,126)(H,118,119)(H,120,121)/t58-,63+,64+,65+,66-,67+,68+,69+,70-,71+,72+,73-,74+,80+/m1/s1. The van der Waals surface area contributed by atoms with Crippen LogP contribution >= 0.6 is 11.8 Å². The molecule has 3 aliphatic rings. The number of aliphatic hydroxyl groups is 1. The second-order valence-electron chi connectivity index (χ2n) is 34.2. The van der Waals surface area contributed by atoms with Gasteiger partial charge < -0.3 is 109 Å². The molecule has 3 fully saturated rings. The molecule has 9 rings (SSSR count). The number of nitrogens with zero attached hydrogens (tertiary/aromatic N) is 5. The van der Waals surface area contributed by atoms with Gasteiger partial charge in [-0.25, -0.2) is 13.2 Å². The van der Waals surface area contributed by atoms with Gasteiger partial charge in [0.2, 0.25) is 88.6 Å². The summed E-state index contributed by atoms with van der Waals surface area (Å²) in [6, 6.07) is 7.58. The van der Waals surface area contributed by atoms with E-state index in [-0.39, 0.29) is 83.0 Å². The molecule has 0 unspecified atom stereocenters. The number of nitrogens with one attached hydrogen (secondary N) is 10. The number of thioether (sulfide) groups is 1. The Morgan fingerprint density at radius 2 is 1.09 bits per heavy atom. The Balaban J connectivity index is 1.14. The number of phenols is 1. The number of fused-ring (bicyclic) bond motifs is 3. The van der Waals surface area contributed by atoms with E-state index < -0.39 is 271 Å². The molecule has 0 saturated carbocycles. The fourth-order valence-corrected chi connectivity index (χ4v) is 17.4. The molecule has 5 aromatic carbocycles. The molecule has 0 radical (unpaired) electrons.